The minimum absolute atomic E-state index is 0.0139. The first kappa shape index (κ1) is 14.0. The van der Waals surface area contributed by atoms with E-state index >= 15 is 0 Å². The summed E-state index contributed by atoms with van der Waals surface area (Å²) < 4.78 is 31.9. The largest absolute Gasteiger partial charge is 0.480 e. The smallest absolute Gasteiger partial charge is 0.327 e. The molecule has 9 heteroatoms. The van der Waals surface area contributed by atoms with Crippen molar-refractivity contribution in [3.63, 3.8) is 0 Å². The van der Waals surface area contributed by atoms with Crippen molar-refractivity contribution >= 4 is 16.0 Å². The first-order valence-electron chi connectivity index (χ1n) is 5.65. The van der Waals surface area contributed by atoms with Crippen molar-refractivity contribution < 1.29 is 23.1 Å². The number of carboxylic acids is 1. The molecule has 1 aromatic heterocycles. The van der Waals surface area contributed by atoms with E-state index in [1.54, 1.807) is 6.92 Å². The van der Waals surface area contributed by atoms with Crippen LogP contribution in [-0.4, -0.2) is 48.4 Å². The Kier molecular flexibility index (Phi) is 3.37. The van der Waals surface area contributed by atoms with E-state index in [-0.39, 0.29) is 24.5 Å². The number of hydrogen-bond donors (Lipinski definition) is 3. The first-order chi connectivity index (χ1) is 8.78. The van der Waals surface area contributed by atoms with Gasteiger partial charge >= 0.3 is 5.97 Å². The number of carbonyl (C=O) groups is 1. The molecular weight excluding hydrogens is 274 g/mol. The van der Waals surface area contributed by atoms with Gasteiger partial charge in [-0.15, -0.1) is 0 Å². The fourth-order valence-electron chi connectivity index (χ4n) is 2.10. The summed E-state index contributed by atoms with van der Waals surface area (Å²) in [5.41, 5.74) is -0.941. The van der Waals surface area contributed by atoms with Gasteiger partial charge in [-0.2, -0.15) is 9.82 Å². The van der Waals surface area contributed by atoms with Crippen molar-refractivity contribution in [2.45, 2.75) is 30.7 Å². The Morgan fingerprint density at radius 3 is 2.63 bits per heavy atom. The molecule has 0 saturated carbocycles. The molecule has 1 fully saturated rings. The number of sulfonamides is 1. The van der Waals surface area contributed by atoms with Crippen LogP contribution in [0.5, 0.6) is 0 Å². The SMILES string of the molecule is Cc1n[nH]c(C)c1S(=O)(=O)NC1(C(=O)O)CCOC1. The molecule has 0 radical (unpaired) electrons. The minimum Gasteiger partial charge on any atom is -0.480 e. The number of nitrogens with one attached hydrogen (secondary N) is 2. The van der Waals surface area contributed by atoms with Crippen LogP contribution in [0.2, 0.25) is 0 Å². The van der Waals surface area contributed by atoms with E-state index in [0.29, 0.717) is 11.4 Å². The van der Waals surface area contributed by atoms with Crippen LogP contribution < -0.4 is 4.72 Å². The van der Waals surface area contributed by atoms with E-state index in [2.05, 4.69) is 14.9 Å². The Morgan fingerprint density at radius 2 is 2.21 bits per heavy atom. The highest BCUT2D eigenvalue weighted by Gasteiger charge is 2.46. The first-order valence-corrected chi connectivity index (χ1v) is 7.13. The number of carboxylic acid groups (broad SMARTS) is 1. The highest BCUT2D eigenvalue weighted by Crippen LogP contribution is 2.24. The molecule has 1 aliphatic rings. The van der Waals surface area contributed by atoms with Crippen LogP contribution in [0.3, 0.4) is 0 Å². The Bertz CT molecular complexity index is 581. The van der Waals surface area contributed by atoms with E-state index in [9.17, 15) is 18.3 Å². The van der Waals surface area contributed by atoms with Gasteiger partial charge in [0.1, 0.15) is 4.90 Å². The van der Waals surface area contributed by atoms with Gasteiger partial charge in [0.15, 0.2) is 5.54 Å². The van der Waals surface area contributed by atoms with Crippen molar-refractivity contribution in [2.24, 2.45) is 0 Å². The molecule has 1 aromatic rings. The number of hydrogen-bond acceptors (Lipinski definition) is 5. The predicted octanol–water partition coefficient (Wildman–Crippen LogP) is -0.451. The van der Waals surface area contributed by atoms with Gasteiger partial charge in [0.25, 0.3) is 0 Å². The third-order valence-corrected chi connectivity index (χ3v) is 4.89. The standard InChI is InChI=1S/C10H15N3O5S/c1-6-8(7(2)12-11-6)19(16,17)13-10(9(14)15)3-4-18-5-10/h13H,3-5H2,1-2H3,(H,11,12)(H,14,15). The van der Waals surface area contributed by atoms with Gasteiger partial charge in [0.05, 0.1) is 18.0 Å². The van der Waals surface area contributed by atoms with Gasteiger partial charge in [0.2, 0.25) is 10.0 Å². The summed E-state index contributed by atoms with van der Waals surface area (Å²) in [6.45, 7) is 3.12. The molecule has 8 nitrogen and oxygen atoms in total. The van der Waals surface area contributed by atoms with E-state index < -0.39 is 21.5 Å². The summed E-state index contributed by atoms with van der Waals surface area (Å²) in [5, 5.41) is 15.6. The summed E-state index contributed by atoms with van der Waals surface area (Å²) in [5.74, 6) is -1.24. The maximum absolute atomic E-state index is 12.3. The number of aryl methyl sites for hydroxylation is 2. The van der Waals surface area contributed by atoms with Crippen LogP contribution in [0, 0.1) is 13.8 Å². The van der Waals surface area contributed by atoms with Gasteiger partial charge in [0, 0.05) is 13.0 Å². The summed E-state index contributed by atoms with van der Waals surface area (Å²) in [6, 6.07) is 0. The molecule has 1 saturated heterocycles. The number of aromatic amines is 1. The summed E-state index contributed by atoms with van der Waals surface area (Å²) in [4.78, 5) is 11.3. The fraction of sp³-hybridized carbons (Fsp3) is 0.600. The number of aliphatic carboxylic acids is 1. The zero-order chi connectivity index (χ0) is 14.3. The number of rotatable bonds is 4. The van der Waals surface area contributed by atoms with E-state index in [1.165, 1.54) is 6.92 Å². The molecule has 2 rings (SSSR count). The Hall–Kier alpha value is -1.45. The lowest BCUT2D eigenvalue weighted by atomic mass is 10.0. The third kappa shape index (κ3) is 2.36. The van der Waals surface area contributed by atoms with E-state index in [0.717, 1.165) is 0 Å². The molecule has 106 valence electrons. The van der Waals surface area contributed by atoms with Gasteiger partial charge in [-0.3, -0.25) is 9.89 Å². The maximum Gasteiger partial charge on any atom is 0.327 e. The Balaban J connectivity index is 2.39. The normalized spacial score (nSPS) is 23.7. The molecule has 0 aromatic carbocycles. The van der Waals surface area contributed by atoms with Crippen LogP contribution >= 0.6 is 0 Å². The van der Waals surface area contributed by atoms with Crippen molar-refractivity contribution in [2.75, 3.05) is 13.2 Å². The third-order valence-electron chi connectivity index (χ3n) is 3.09. The number of H-pyrrole nitrogens is 1. The Labute approximate surface area is 110 Å². The molecule has 2 heterocycles. The molecule has 1 atom stereocenters. The molecule has 1 aliphatic heterocycles. The predicted molar refractivity (Wildman–Crippen MR) is 64.2 cm³/mol. The zero-order valence-corrected chi connectivity index (χ0v) is 11.4. The Morgan fingerprint density at radius 1 is 1.53 bits per heavy atom. The van der Waals surface area contributed by atoms with Crippen molar-refractivity contribution in [1.29, 1.82) is 0 Å². The molecule has 3 N–H and O–H groups in total. The lowest BCUT2D eigenvalue weighted by Crippen LogP contribution is -2.55. The van der Waals surface area contributed by atoms with Gasteiger partial charge < -0.3 is 9.84 Å². The van der Waals surface area contributed by atoms with E-state index in [4.69, 9.17) is 4.74 Å². The van der Waals surface area contributed by atoms with Crippen LogP contribution in [0.25, 0.3) is 0 Å². The van der Waals surface area contributed by atoms with Crippen LogP contribution in [0.15, 0.2) is 4.90 Å². The number of ether oxygens (including phenoxy) is 1. The number of aromatic nitrogens is 2. The second-order valence-electron chi connectivity index (χ2n) is 4.56. The van der Waals surface area contributed by atoms with Crippen molar-refractivity contribution in [1.82, 2.24) is 14.9 Å². The minimum atomic E-state index is -3.97. The molecular formula is C10H15N3O5S. The summed E-state index contributed by atoms with van der Waals surface area (Å²) in [7, 11) is -3.97. The fourth-order valence-corrected chi connectivity index (χ4v) is 3.85. The molecule has 1 unspecified atom stereocenters. The number of nitrogens with zero attached hydrogens (tertiary/aromatic N) is 1. The maximum atomic E-state index is 12.3. The summed E-state index contributed by atoms with van der Waals surface area (Å²) in [6.07, 6.45) is 0.0948. The topological polar surface area (TPSA) is 121 Å². The van der Waals surface area contributed by atoms with Gasteiger partial charge in [-0.1, -0.05) is 0 Å². The highest BCUT2D eigenvalue weighted by molar-refractivity contribution is 7.89. The molecule has 19 heavy (non-hydrogen) atoms. The molecule has 0 spiro atoms. The van der Waals surface area contributed by atoms with Gasteiger partial charge in [-0.05, 0) is 13.8 Å². The molecule has 0 aliphatic carbocycles. The monoisotopic (exact) mass is 289 g/mol. The van der Waals surface area contributed by atoms with Gasteiger partial charge in [-0.25, -0.2) is 8.42 Å². The van der Waals surface area contributed by atoms with E-state index in [1.807, 2.05) is 0 Å². The molecule has 0 bridgehead atoms. The van der Waals surface area contributed by atoms with Crippen molar-refractivity contribution in [3.05, 3.63) is 11.4 Å². The average Bonchev–Trinajstić information content (AvgIpc) is 2.86. The second-order valence-corrected chi connectivity index (χ2v) is 6.18. The van der Waals surface area contributed by atoms with Crippen LogP contribution in [0.1, 0.15) is 17.8 Å². The lowest BCUT2D eigenvalue weighted by Gasteiger charge is -2.23. The average molecular weight is 289 g/mol. The highest BCUT2D eigenvalue weighted by atomic mass is 32.2. The van der Waals surface area contributed by atoms with Crippen molar-refractivity contribution in [3.8, 4) is 0 Å². The molecule has 0 amide bonds. The quantitative estimate of drug-likeness (QED) is 0.690. The van der Waals surface area contributed by atoms with Crippen LogP contribution in [0.4, 0.5) is 0 Å². The second kappa shape index (κ2) is 4.58. The zero-order valence-electron chi connectivity index (χ0n) is 10.6. The lowest BCUT2D eigenvalue weighted by molar-refractivity contribution is -0.144. The van der Waals surface area contributed by atoms with Crippen LogP contribution in [-0.2, 0) is 19.6 Å². The summed E-state index contributed by atoms with van der Waals surface area (Å²) >= 11 is 0.